The monoisotopic (exact) mass is 185 g/mol. The van der Waals surface area contributed by atoms with Gasteiger partial charge in [0.25, 0.3) is 0 Å². The van der Waals surface area contributed by atoms with E-state index in [0.717, 1.165) is 13.0 Å². The summed E-state index contributed by atoms with van der Waals surface area (Å²) in [4.78, 5) is 11.5. The highest BCUT2D eigenvalue weighted by Gasteiger charge is 2.13. The lowest BCUT2D eigenvalue weighted by molar-refractivity contribution is -0.125. The zero-order valence-corrected chi connectivity index (χ0v) is 9.55. The molecule has 0 saturated carbocycles. The van der Waals surface area contributed by atoms with Crippen LogP contribution >= 0.6 is 0 Å². The first-order valence-corrected chi connectivity index (χ1v) is 5.21. The van der Waals surface area contributed by atoms with Crippen LogP contribution in [0.4, 0.5) is 0 Å². The summed E-state index contributed by atoms with van der Waals surface area (Å²) in [6.07, 6.45) is 0.976. The largest absolute Gasteiger partial charge is 0.356 e. The molecule has 0 radical (unpaired) electrons. The summed E-state index contributed by atoms with van der Waals surface area (Å²) in [5.74, 6) is 1.48. The molecule has 1 amide bonds. The van der Waals surface area contributed by atoms with E-state index in [9.17, 15) is 4.79 Å². The molecule has 0 bridgehead atoms. The van der Waals surface area contributed by atoms with Gasteiger partial charge in [-0.25, -0.2) is 0 Å². The summed E-state index contributed by atoms with van der Waals surface area (Å²) in [6.45, 7) is 11.3. The molecule has 0 aliphatic carbocycles. The Kier molecular flexibility index (Phi) is 5.76. The highest BCUT2D eigenvalue weighted by molar-refractivity contribution is 5.78. The molecule has 0 aromatic carbocycles. The SMILES string of the molecule is CC(C)CNC(=O)C(C)CC(C)C. The summed E-state index contributed by atoms with van der Waals surface area (Å²) in [5, 5.41) is 2.95. The fourth-order valence-electron chi connectivity index (χ4n) is 1.29. The third-order valence-corrected chi connectivity index (χ3v) is 1.96. The number of amides is 1. The van der Waals surface area contributed by atoms with E-state index in [4.69, 9.17) is 0 Å². The van der Waals surface area contributed by atoms with Gasteiger partial charge in [-0.15, -0.1) is 0 Å². The molecule has 0 heterocycles. The molecule has 0 saturated heterocycles. The highest BCUT2D eigenvalue weighted by Crippen LogP contribution is 2.10. The van der Waals surface area contributed by atoms with E-state index in [0.29, 0.717) is 11.8 Å². The average molecular weight is 185 g/mol. The zero-order valence-electron chi connectivity index (χ0n) is 9.55. The van der Waals surface area contributed by atoms with Crippen LogP contribution in [0.5, 0.6) is 0 Å². The summed E-state index contributed by atoms with van der Waals surface area (Å²) in [6, 6.07) is 0. The lowest BCUT2D eigenvalue weighted by Crippen LogP contribution is -2.32. The number of hydrogen-bond acceptors (Lipinski definition) is 1. The van der Waals surface area contributed by atoms with Crippen molar-refractivity contribution in [3.8, 4) is 0 Å². The second-order valence-electron chi connectivity index (χ2n) is 4.67. The van der Waals surface area contributed by atoms with Crippen LogP contribution in [0.15, 0.2) is 0 Å². The molecule has 78 valence electrons. The van der Waals surface area contributed by atoms with Gasteiger partial charge in [-0.2, -0.15) is 0 Å². The van der Waals surface area contributed by atoms with Gasteiger partial charge in [0, 0.05) is 12.5 Å². The van der Waals surface area contributed by atoms with Crippen molar-refractivity contribution in [1.29, 1.82) is 0 Å². The van der Waals surface area contributed by atoms with Gasteiger partial charge < -0.3 is 5.32 Å². The molecular weight excluding hydrogens is 162 g/mol. The Morgan fingerprint density at radius 3 is 2.00 bits per heavy atom. The molecule has 0 aromatic heterocycles. The van der Waals surface area contributed by atoms with Crippen molar-refractivity contribution in [3.05, 3.63) is 0 Å². The lowest BCUT2D eigenvalue weighted by Gasteiger charge is -2.14. The number of carbonyl (C=O) groups excluding carboxylic acids is 1. The fourth-order valence-corrected chi connectivity index (χ4v) is 1.29. The smallest absolute Gasteiger partial charge is 0.222 e. The van der Waals surface area contributed by atoms with E-state index >= 15 is 0 Å². The fraction of sp³-hybridized carbons (Fsp3) is 0.909. The van der Waals surface area contributed by atoms with Crippen LogP contribution in [-0.2, 0) is 4.79 Å². The minimum Gasteiger partial charge on any atom is -0.356 e. The quantitative estimate of drug-likeness (QED) is 0.700. The molecule has 1 N–H and O–H groups in total. The van der Waals surface area contributed by atoms with Gasteiger partial charge in [0.15, 0.2) is 0 Å². The van der Waals surface area contributed by atoms with Crippen LogP contribution in [0.25, 0.3) is 0 Å². The molecule has 0 aliphatic rings. The summed E-state index contributed by atoms with van der Waals surface area (Å²) in [5.41, 5.74) is 0. The Morgan fingerprint density at radius 1 is 1.08 bits per heavy atom. The highest BCUT2D eigenvalue weighted by atomic mass is 16.1. The summed E-state index contributed by atoms with van der Waals surface area (Å²) < 4.78 is 0. The van der Waals surface area contributed by atoms with E-state index in [1.54, 1.807) is 0 Å². The normalized spacial score (nSPS) is 13.5. The maximum atomic E-state index is 11.5. The Labute approximate surface area is 82.1 Å². The molecule has 2 nitrogen and oxygen atoms in total. The second-order valence-corrected chi connectivity index (χ2v) is 4.67. The van der Waals surface area contributed by atoms with Crippen molar-refractivity contribution in [2.45, 2.75) is 41.0 Å². The van der Waals surface area contributed by atoms with E-state index in [1.807, 2.05) is 6.92 Å². The number of carbonyl (C=O) groups is 1. The van der Waals surface area contributed by atoms with Gasteiger partial charge in [-0.05, 0) is 18.3 Å². The Bertz CT molecular complexity index is 152. The molecule has 1 atom stereocenters. The minimum absolute atomic E-state index is 0.152. The van der Waals surface area contributed by atoms with Gasteiger partial charge in [-0.1, -0.05) is 34.6 Å². The number of hydrogen-bond donors (Lipinski definition) is 1. The van der Waals surface area contributed by atoms with Gasteiger partial charge in [0.1, 0.15) is 0 Å². The van der Waals surface area contributed by atoms with Crippen LogP contribution < -0.4 is 5.32 Å². The standard InChI is InChI=1S/C11H23NO/c1-8(2)6-10(5)11(13)12-7-9(3)4/h8-10H,6-7H2,1-5H3,(H,12,13). The van der Waals surface area contributed by atoms with Crippen molar-refractivity contribution < 1.29 is 4.79 Å². The predicted octanol–water partition coefficient (Wildman–Crippen LogP) is 2.44. The summed E-state index contributed by atoms with van der Waals surface area (Å²) >= 11 is 0. The maximum Gasteiger partial charge on any atom is 0.222 e. The Morgan fingerprint density at radius 2 is 1.62 bits per heavy atom. The molecule has 2 heteroatoms. The molecule has 13 heavy (non-hydrogen) atoms. The van der Waals surface area contributed by atoms with Gasteiger partial charge >= 0.3 is 0 Å². The van der Waals surface area contributed by atoms with E-state index in [2.05, 4.69) is 33.0 Å². The first-order valence-electron chi connectivity index (χ1n) is 5.21. The van der Waals surface area contributed by atoms with E-state index < -0.39 is 0 Å². The molecule has 0 aliphatic heterocycles. The molecule has 0 spiro atoms. The maximum absolute atomic E-state index is 11.5. The van der Waals surface area contributed by atoms with E-state index in [-0.39, 0.29) is 11.8 Å². The average Bonchev–Trinajstić information content (AvgIpc) is 1.98. The molecule has 0 rings (SSSR count). The minimum atomic E-state index is 0.152. The first-order chi connectivity index (χ1) is 5.93. The lowest BCUT2D eigenvalue weighted by atomic mass is 9.98. The van der Waals surface area contributed by atoms with E-state index in [1.165, 1.54) is 0 Å². The first kappa shape index (κ1) is 12.5. The molecule has 1 unspecified atom stereocenters. The van der Waals surface area contributed by atoms with Gasteiger partial charge in [0.05, 0.1) is 0 Å². The van der Waals surface area contributed by atoms with Gasteiger partial charge in [0.2, 0.25) is 5.91 Å². The topological polar surface area (TPSA) is 29.1 Å². The van der Waals surface area contributed by atoms with Crippen molar-refractivity contribution >= 4 is 5.91 Å². The van der Waals surface area contributed by atoms with Crippen LogP contribution in [-0.4, -0.2) is 12.5 Å². The Balaban J connectivity index is 3.69. The number of nitrogens with one attached hydrogen (secondary N) is 1. The molecule has 0 fully saturated rings. The van der Waals surface area contributed by atoms with Crippen LogP contribution in [0.1, 0.15) is 41.0 Å². The van der Waals surface area contributed by atoms with Crippen molar-refractivity contribution in [2.24, 2.45) is 17.8 Å². The predicted molar refractivity (Wildman–Crippen MR) is 56.5 cm³/mol. The van der Waals surface area contributed by atoms with Crippen molar-refractivity contribution in [1.82, 2.24) is 5.32 Å². The molecule has 0 aromatic rings. The van der Waals surface area contributed by atoms with Crippen molar-refractivity contribution in [3.63, 3.8) is 0 Å². The third kappa shape index (κ3) is 6.62. The van der Waals surface area contributed by atoms with Crippen molar-refractivity contribution in [2.75, 3.05) is 6.54 Å². The number of rotatable bonds is 5. The molecular formula is C11H23NO. The van der Waals surface area contributed by atoms with Gasteiger partial charge in [-0.3, -0.25) is 4.79 Å². The van der Waals surface area contributed by atoms with Crippen LogP contribution in [0.2, 0.25) is 0 Å². The third-order valence-electron chi connectivity index (χ3n) is 1.96. The zero-order chi connectivity index (χ0) is 10.4. The van der Waals surface area contributed by atoms with Crippen LogP contribution in [0, 0.1) is 17.8 Å². The second kappa shape index (κ2) is 6.01. The summed E-state index contributed by atoms with van der Waals surface area (Å²) in [7, 11) is 0. The van der Waals surface area contributed by atoms with Crippen LogP contribution in [0.3, 0.4) is 0 Å². The Hall–Kier alpha value is -0.530.